The molecule has 5 aromatic rings. The normalized spacial score (nSPS) is 17.8. The SMILES string of the molecule is CCCCC(Sc1nc2ccccc2c(=O)n1-c1cccc(-c2ccoc2)c1)C(=O)N1CCC2(CC1)CC(Cc1ccc(F)cc1)C(=O)O2. The van der Waals surface area contributed by atoms with Crippen LogP contribution in [0.1, 0.15) is 51.0 Å². The summed E-state index contributed by atoms with van der Waals surface area (Å²) in [6.45, 7) is 3.05. The summed E-state index contributed by atoms with van der Waals surface area (Å²) in [7, 11) is 0. The number of rotatable bonds is 10. The average Bonchev–Trinajstić information content (AvgIpc) is 3.76. The Balaban J connectivity index is 1.12. The fourth-order valence-electron chi connectivity index (χ4n) is 7.00. The number of furan rings is 1. The zero-order valence-corrected chi connectivity index (χ0v) is 28.2. The number of hydrogen-bond acceptors (Lipinski definition) is 7. The molecule has 2 aromatic heterocycles. The number of thioether (sulfide) groups is 1. The third-order valence-corrected chi connectivity index (χ3v) is 10.9. The molecular weight excluding hydrogens is 642 g/mol. The first kappa shape index (κ1) is 32.8. The summed E-state index contributed by atoms with van der Waals surface area (Å²) in [5.74, 6) is -0.816. The molecule has 2 aliphatic rings. The molecule has 0 radical (unpaired) electrons. The van der Waals surface area contributed by atoms with E-state index in [0.717, 1.165) is 29.5 Å². The third kappa shape index (κ3) is 6.92. The second-order valence-electron chi connectivity index (χ2n) is 13.0. The summed E-state index contributed by atoms with van der Waals surface area (Å²) in [5, 5.41) is 0.509. The van der Waals surface area contributed by atoms with Gasteiger partial charge in [0, 0.05) is 37.9 Å². The van der Waals surface area contributed by atoms with E-state index in [1.165, 1.54) is 23.9 Å². The zero-order chi connectivity index (χ0) is 34.0. The molecule has 0 bridgehead atoms. The number of aromatic nitrogens is 2. The molecule has 252 valence electrons. The van der Waals surface area contributed by atoms with Crippen molar-refractivity contribution in [2.24, 2.45) is 5.92 Å². The lowest BCUT2D eigenvalue weighted by Crippen LogP contribution is -2.49. The lowest BCUT2D eigenvalue weighted by molar-refractivity contribution is -0.155. The van der Waals surface area contributed by atoms with E-state index in [9.17, 15) is 18.8 Å². The fourth-order valence-corrected chi connectivity index (χ4v) is 8.23. The van der Waals surface area contributed by atoms with Gasteiger partial charge >= 0.3 is 5.97 Å². The number of carbonyl (C=O) groups excluding carboxylic acids is 2. The zero-order valence-electron chi connectivity index (χ0n) is 27.3. The largest absolute Gasteiger partial charge is 0.472 e. The van der Waals surface area contributed by atoms with E-state index < -0.39 is 10.9 Å². The summed E-state index contributed by atoms with van der Waals surface area (Å²) in [5.41, 5.74) is 3.14. The van der Waals surface area contributed by atoms with Gasteiger partial charge in [0.25, 0.3) is 5.56 Å². The van der Waals surface area contributed by atoms with Crippen LogP contribution in [-0.2, 0) is 20.7 Å². The van der Waals surface area contributed by atoms with Gasteiger partial charge in [-0.15, -0.1) is 0 Å². The summed E-state index contributed by atoms with van der Waals surface area (Å²) >= 11 is 1.34. The average molecular weight is 680 g/mol. The van der Waals surface area contributed by atoms with Crippen molar-refractivity contribution in [3.05, 3.63) is 113 Å². The highest BCUT2D eigenvalue weighted by atomic mass is 32.2. The Kier molecular flexibility index (Phi) is 9.40. The van der Waals surface area contributed by atoms with Crippen molar-refractivity contribution in [1.29, 1.82) is 0 Å². The van der Waals surface area contributed by atoms with Crippen molar-refractivity contribution in [2.75, 3.05) is 13.1 Å². The van der Waals surface area contributed by atoms with Gasteiger partial charge in [0.1, 0.15) is 11.4 Å². The molecule has 7 rings (SSSR count). The van der Waals surface area contributed by atoms with E-state index in [1.807, 2.05) is 53.4 Å². The molecule has 2 fully saturated rings. The van der Waals surface area contributed by atoms with Gasteiger partial charge in [-0.2, -0.15) is 0 Å². The van der Waals surface area contributed by atoms with Crippen LogP contribution in [0.4, 0.5) is 4.39 Å². The summed E-state index contributed by atoms with van der Waals surface area (Å²) in [4.78, 5) is 48.1. The minimum atomic E-state index is -0.592. The van der Waals surface area contributed by atoms with Crippen molar-refractivity contribution < 1.29 is 23.1 Å². The molecule has 4 heterocycles. The van der Waals surface area contributed by atoms with Crippen LogP contribution in [-0.4, -0.2) is 50.3 Å². The van der Waals surface area contributed by atoms with E-state index >= 15 is 0 Å². The maximum absolute atomic E-state index is 14.3. The van der Waals surface area contributed by atoms with E-state index in [-0.39, 0.29) is 29.2 Å². The summed E-state index contributed by atoms with van der Waals surface area (Å²) in [6, 6.07) is 23.1. The number of benzene rings is 3. The standard InChI is InChI=1S/C39H38FN3O5S/c1-2-3-11-34(36(45)42-19-17-39(18-20-42)24-29(37(46)48-39)22-26-12-14-30(40)15-13-26)49-38-41-33-10-5-4-9-32(33)35(44)43(38)31-8-6-7-27(23-31)28-16-21-47-25-28/h4-10,12-16,21,23,25,29,34H,2-3,11,17-20,22,24H2,1H3. The fraction of sp³-hybridized carbons (Fsp3) is 0.333. The number of piperidine rings is 1. The van der Waals surface area contributed by atoms with Gasteiger partial charge in [-0.1, -0.05) is 67.9 Å². The molecule has 10 heteroatoms. The number of ether oxygens (including phenoxy) is 1. The molecular formula is C39H38FN3O5S. The molecule has 0 saturated carbocycles. The number of halogens is 1. The highest BCUT2D eigenvalue weighted by Gasteiger charge is 2.49. The van der Waals surface area contributed by atoms with Crippen LogP contribution in [0.5, 0.6) is 0 Å². The maximum Gasteiger partial charge on any atom is 0.309 e. The summed E-state index contributed by atoms with van der Waals surface area (Å²) < 4.78 is 26.3. The first-order valence-corrected chi connectivity index (χ1v) is 17.8. The van der Waals surface area contributed by atoms with Crippen LogP contribution < -0.4 is 5.56 Å². The van der Waals surface area contributed by atoms with Crippen molar-refractivity contribution >= 4 is 34.5 Å². The molecule has 1 spiro atoms. The number of unbranched alkanes of at least 4 members (excludes halogenated alkanes) is 1. The Morgan fingerprint density at radius 3 is 2.57 bits per heavy atom. The van der Waals surface area contributed by atoms with Crippen molar-refractivity contribution in [2.45, 2.75) is 67.9 Å². The number of carbonyl (C=O) groups is 2. The number of nitrogens with zero attached hydrogens (tertiary/aromatic N) is 3. The predicted octanol–water partition coefficient (Wildman–Crippen LogP) is 7.60. The molecule has 2 aliphatic heterocycles. The van der Waals surface area contributed by atoms with Crippen LogP contribution in [0.3, 0.4) is 0 Å². The molecule has 8 nitrogen and oxygen atoms in total. The maximum atomic E-state index is 14.3. The number of hydrogen-bond donors (Lipinski definition) is 0. The molecule has 3 aromatic carbocycles. The van der Waals surface area contributed by atoms with Crippen LogP contribution in [0.2, 0.25) is 0 Å². The van der Waals surface area contributed by atoms with Crippen LogP contribution in [0.15, 0.2) is 106 Å². The number of para-hydroxylation sites is 1. The molecule has 2 atom stereocenters. The molecule has 49 heavy (non-hydrogen) atoms. The Morgan fingerprint density at radius 1 is 1.02 bits per heavy atom. The Labute approximate surface area is 288 Å². The quantitative estimate of drug-likeness (QED) is 0.0853. The van der Waals surface area contributed by atoms with Gasteiger partial charge in [-0.05, 0) is 66.4 Å². The van der Waals surface area contributed by atoms with Gasteiger partial charge < -0.3 is 14.1 Å². The van der Waals surface area contributed by atoms with Gasteiger partial charge in [-0.25, -0.2) is 9.37 Å². The minimum Gasteiger partial charge on any atom is -0.472 e. The van der Waals surface area contributed by atoms with Crippen molar-refractivity contribution in [3.63, 3.8) is 0 Å². The first-order valence-electron chi connectivity index (χ1n) is 16.9. The third-order valence-electron chi connectivity index (χ3n) is 9.70. The Morgan fingerprint density at radius 2 is 1.82 bits per heavy atom. The molecule has 1 amide bonds. The van der Waals surface area contributed by atoms with Crippen molar-refractivity contribution in [1.82, 2.24) is 14.5 Å². The molecule has 2 unspecified atom stereocenters. The van der Waals surface area contributed by atoms with Gasteiger partial charge in [-0.3, -0.25) is 19.0 Å². The first-order chi connectivity index (χ1) is 23.8. The molecule has 2 saturated heterocycles. The number of amides is 1. The highest BCUT2D eigenvalue weighted by molar-refractivity contribution is 8.00. The second-order valence-corrected chi connectivity index (χ2v) is 14.2. The van der Waals surface area contributed by atoms with E-state index in [0.29, 0.717) is 66.9 Å². The van der Waals surface area contributed by atoms with E-state index in [1.54, 1.807) is 35.3 Å². The van der Waals surface area contributed by atoms with Crippen LogP contribution in [0.25, 0.3) is 27.7 Å². The molecule has 0 aliphatic carbocycles. The smallest absolute Gasteiger partial charge is 0.309 e. The minimum absolute atomic E-state index is 0.00147. The van der Waals surface area contributed by atoms with Crippen LogP contribution in [0, 0.1) is 11.7 Å². The number of esters is 1. The summed E-state index contributed by atoms with van der Waals surface area (Å²) in [6.07, 6.45) is 7.90. The molecule has 0 N–H and O–H groups in total. The Hall–Kier alpha value is -4.70. The monoisotopic (exact) mass is 679 g/mol. The van der Waals surface area contributed by atoms with Crippen molar-refractivity contribution in [3.8, 4) is 16.8 Å². The number of fused-ring (bicyclic) bond motifs is 1. The predicted molar refractivity (Wildman–Crippen MR) is 187 cm³/mol. The van der Waals surface area contributed by atoms with Gasteiger partial charge in [0.05, 0.1) is 40.3 Å². The number of likely N-dealkylation sites (tertiary alicyclic amines) is 1. The van der Waals surface area contributed by atoms with E-state index in [2.05, 4.69) is 6.92 Å². The topological polar surface area (TPSA) is 94.6 Å². The van der Waals surface area contributed by atoms with Gasteiger partial charge in [0.2, 0.25) is 5.91 Å². The van der Waals surface area contributed by atoms with Gasteiger partial charge in [0.15, 0.2) is 5.16 Å². The van der Waals surface area contributed by atoms with E-state index in [4.69, 9.17) is 14.1 Å². The second kappa shape index (κ2) is 14.0. The lowest BCUT2D eigenvalue weighted by Gasteiger charge is -2.39. The lowest BCUT2D eigenvalue weighted by atomic mass is 9.83. The highest BCUT2D eigenvalue weighted by Crippen LogP contribution is 2.41. The Bertz CT molecular complexity index is 2020. The van der Waals surface area contributed by atoms with Crippen LogP contribution >= 0.6 is 11.8 Å².